The molecule has 3 aromatic rings. The summed E-state index contributed by atoms with van der Waals surface area (Å²) in [7, 11) is 0. The van der Waals surface area contributed by atoms with Gasteiger partial charge in [-0.2, -0.15) is 0 Å². The lowest BCUT2D eigenvalue weighted by Gasteiger charge is -2.15. The molecule has 0 unspecified atom stereocenters. The third-order valence-corrected chi connectivity index (χ3v) is 5.18. The van der Waals surface area contributed by atoms with E-state index in [0.717, 1.165) is 16.8 Å². The Hall–Kier alpha value is -2.87. The number of anilines is 1. The minimum Gasteiger partial charge on any atom is -0.335 e. The van der Waals surface area contributed by atoms with E-state index >= 15 is 0 Å². The lowest BCUT2D eigenvalue weighted by molar-refractivity contribution is -0.115. The Morgan fingerprint density at radius 1 is 1.19 bits per heavy atom. The molecule has 140 valence electrons. The Labute approximate surface area is 161 Å². The highest BCUT2D eigenvalue weighted by Gasteiger charge is 2.21. The van der Waals surface area contributed by atoms with Crippen LogP contribution < -0.4 is 11.2 Å². The number of hydrogen-bond donors (Lipinski definition) is 2. The monoisotopic (exact) mass is 385 g/mol. The van der Waals surface area contributed by atoms with Gasteiger partial charge in [0.1, 0.15) is 5.82 Å². The number of nitrogens with two attached hydrogens (primary N) is 1. The second-order valence-corrected chi connectivity index (χ2v) is 7.51. The number of para-hydroxylation sites is 1. The number of thioether (sulfide) groups is 1. The lowest BCUT2D eigenvalue weighted by Crippen LogP contribution is -2.24. The van der Waals surface area contributed by atoms with E-state index < -0.39 is 5.25 Å². The molecular weight excluding hydrogens is 365 g/mol. The van der Waals surface area contributed by atoms with Crippen molar-refractivity contribution in [3.63, 3.8) is 0 Å². The van der Waals surface area contributed by atoms with Gasteiger partial charge in [0, 0.05) is 11.3 Å². The van der Waals surface area contributed by atoms with Gasteiger partial charge in [-0.3, -0.25) is 4.79 Å². The molecule has 1 aromatic heterocycles. The summed E-state index contributed by atoms with van der Waals surface area (Å²) in [6, 6.07) is 11.8. The molecule has 0 radical (unpaired) electrons. The second kappa shape index (κ2) is 7.79. The molecule has 0 fully saturated rings. The van der Waals surface area contributed by atoms with Crippen molar-refractivity contribution < 1.29 is 9.18 Å². The molecule has 3 rings (SSSR count). The summed E-state index contributed by atoms with van der Waals surface area (Å²) in [5, 5.41) is 10.9. The first kappa shape index (κ1) is 18.9. The van der Waals surface area contributed by atoms with Crippen molar-refractivity contribution >= 4 is 23.4 Å². The molecule has 6 nitrogen and oxygen atoms in total. The smallest absolute Gasteiger partial charge is 0.237 e. The van der Waals surface area contributed by atoms with Gasteiger partial charge in [0.25, 0.3) is 0 Å². The third kappa shape index (κ3) is 4.11. The van der Waals surface area contributed by atoms with Crippen LogP contribution in [0.2, 0.25) is 0 Å². The molecule has 0 bridgehead atoms. The molecule has 27 heavy (non-hydrogen) atoms. The molecule has 0 saturated carbocycles. The van der Waals surface area contributed by atoms with Crippen LogP contribution in [-0.2, 0) is 4.79 Å². The van der Waals surface area contributed by atoms with Crippen LogP contribution in [0.1, 0.15) is 18.1 Å². The van der Waals surface area contributed by atoms with Crippen LogP contribution in [0.15, 0.2) is 47.6 Å². The molecule has 8 heteroatoms. The van der Waals surface area contributed by atoms with Gasteiger partial charge in [-0.25, -0.2) is 9.07 Å². The number of carbonyl (C=O) groups excluding carboxylic acids is 1. The SMILES string of the molecule is Cc1cccc(C)c1NC(=O)[C@H](C)Sc1nnc(-c2cccc(F)c2)n1N. The number of aryl methyl sites for hydroxylation is 2. The van der Waals surface area contributed by atoms with Gasteiger partial charge >= 0.3 is 0 Å². The van der Waals surface area contributed by atoms with Crippen molar-refractivity contribution in [3.05, 3.63) is 59.4 Å². The zero-order chi connectivity index (χ0) is 19.6. The number of nitrogens with one attached hydrogen (secondary N) is 1. The molecule has 0 aliphatic heterocycles. The summed E-state index contributed by atoms with van der Waals surface area (Å²) in [6.07, 6.45) is 0. The van der Waals surface area contributed by atoms with E-state index in [1.54, 1.807) is 19.1 Å². The highest BCUT2D eigenvalue weighted by molar-refractivity contribution is 8.00. The van der Waals surface area contributed by atoms with E-state index in [2.05, 4.69) is 15.5 Å². The average molecular weight is 385 g/mol. The molecule has 0 aliphatic carbocycles. The minimum absolute atomic E-state index is 0.160. The predicted molar refractivity (Wildman–Crippen MR) is 105 cm³/mol. The Morgan fingerprint density at radius 2 is 1.85 bits per heavy atom. The lowest BCUT2D eigenvalue weighted by atomic mass is 10.1. The maximum absolute atomic E-state index is 13.4. The number of rotatable bonds is 5. The molecule has 3 N–H and O–H groups in total. The van der Waals surface area contributed by atoms with E-state index in [0.29, 0.717) is 16.5 Å². The third-order valence-electron chi connectivity index (χ3n) is 4.13. The summed E-state index contributed by atoms with van der Waals surface area (Å²) < 4.78 is 14.7. The molecule has 1 heterocycles. The molecular formula is C19H20FN5OS. The summed E-state index contributed by atoms with van der Waals surface area (Å²) in [5.41, 5.74) is 3.32. The van der Waals surface area contributed by atoms with Gasteiger partial charge in [0.05, 0.1) is 5.25 Å². The van der Waals surface area contributed by atoms with Crippen LogP contribution in [0.3, 0.4) is 0 Å². The van der Waals surface area contributed by atoms with Crippen molar-refractivity contribution in [1.82, 2.24) is 14.9 Å². The van der Waals surface area contributed by atoms with Crippen molar-refractivity contribution in [1.29, 1.82) is 0 Å². The van der Waals surface area contributed by atoms with Crippen LogP contribution in [0.4, 0.5) is 10.1 Å². The number of nitrogen functional groups attached to an aromatic ring is 1. The minimum atomic E-state index is -0.448. The Kier molecular flexibility index (Phi) is 5.46. The first-order chi connectivity index (χ1) is 12.9. The summed E-state index contributed by atoms with van der Waals surface area (Å²) in [4.78, 5) is 12.6. The number of aromatic nitrogens is 3. The molecule has 2 aromatic carbocycles. The largest absolute Gasteiger partial charge is 0.335 e. The van der Waals surface area contributed by atoms with E-state index in [-0.39, 0.29) is 11.7 Å². The van der Waals surface area contributed by atoms with E-state index in [4.69, 9.17) is 5.84 Å². The number of hydrogen-bond acceptors (Lipinski definition) is 5. The summed E-state index contributed by atoms with van der Waals surface area (Å²) in [6.45, 7) is 5.66. The highest BCUT2D eigenvalue weighted by Crippen LogP contribution is 2.27. The second-order valence-electron chi connectivity index (χ2n) is 6.20. The van der Waals surface area contributed by atoms with Crippen molar-refractivity contribution in [2.75, 3.05) is 11.2 Å². The van der Waals surface area contributed by atoms with Gasteiger partial charge in [0.2, 0.25) is 11.1 Å². The standard InChI is InChI=1S/C19H20FN5OS/c1-11-6-4-7-12(2)16(11)22-18(26)13(3)27-19-24-23-17(25(19)21)14-8-5-9-15(20)10-14/h4-10,13H,21H2,1-3H3,(H,22,26)/t13-/m0/s1. The van der Waals surface area contributed by atoms with Crippen LogP contribution in [0.5, 0.6) is 0 Å². The number of halogens is 1. The Balaban J connectivity index is 1.75. The Morgan fingerprint density at radius 3 is 2.52 bits per heavy atom. The normalized spacial score (nSPS) is 12.0. The topological polar surface area (TPSA) is 85.8 Å². The number of carbonyl (C=O) groups is 1. The first-order valence-corrected chi connectivity index (χ1v) is 9.25. The highest BCUT2D eigenvalue weighted by atomic mass is 32.2. The van der Waals surface area contributed by atoms with Gasteiger partial charge in [-0.1, -0.05) is 42.1 Å². The van der Waals surface area contributed by atoms with E-state index in [1.165, 1.54) is 28.6 Å². The van der Waals surface area contributed by atoms with Crippen LogP contribution in [0.25, 0.3) is 11.4 Å². The van der Waals surface area contributed by atoms with Gasteiger partial charge < -0.3 is 11.2 Å². The maximum atomic E-state index is 13.4. The van der Waals surface area contributed by atoms with Crippen LogP contribution in [0, 0.1) is 19.7 Å². The zero-order valence-corrected chi connectivity index (χ0v) is 16.0. The first-order valence-electron chi connectivity index (χ1n) is 8.37. The molecule has 1 atom stereocenters. The quantitative estimate of drug-likeness (QED) is 0.518. The van der Waals surface area contributed by atoms with Crippen molar-refractivity contribution in [2.24, 2.45) is 0 Å². The summed E-state index contributed by atoms with van der Waals surface area (Å²) >= 11 is 1.19. The fourth-order valence-corrected chi connectivity index (χ4v) is 3.40. The number of nitrogens with zero attached hydrogens (tertiary/aromatic N) is 3. The van der Waals surface area contributed by atoms with E-state index in [1.807, 2.05) is 32.0 Å². The van der Waals surface area contributed by atoms with Gasteiger partial charge in [0.15, 0.2) is 5.82 Å². The molecule has 0 saturated heterocycles. The molecule has 0 spiro atoms. The molecule has 0 aliphatic rings. The van der Waals surface area contributed by atoms with Crippen molar-refractivity contribution in [3.8, 4) is 11.4 Å². The Bertz CT molecular complexity index is 968. The van der Waals surface area contributed by atoms with Gasteiger partial charge in [-0.15, -0.1) is 10.2 Å². The number of benzene rings is 2. The maximum Gasteiger partial charge on any atom is 0.237 e. The predicted octanol–water partition coefficient (Wildman–Crippen LogP) is 3.53. The van der Waals surface area contributed by atoms with Gasteiger partial charge in [-0.05, 0) is 44.0 Å². The van der Waals surface area contributed by atoms with Crippen LogP contribution in [-0.4, -0.2) is 26.0 Å². The van der Waals surface area contributed by atoms with Crippen molar-refractivity contribution in [2.45, 2.75) is 31.2 Å². The zero-order valence-electron chi connectivity index (χ0n) is 15.2. The fraction of sp³-hybridized carbons (Fsp3) is 0.211. The van der Waals surface area contributed by atoms with E-state index in [9.17, 15) is 9.18 Å². The number of amides is 1. The average Bonchev–Trinajstić information content (AvgIpc) is 2.98. The molecule has 1 amide bonds. The fourth-order valence-electron chi connectivity index (χ4n) is 2.63. The van der Waals surface area contributed by atoms with Crippen LogP contribution >= 0.6 is 11.8 Å². The summed E-state index contributed by atoms with van der Waals surface area (Å²) in [5.74, 6) is 5.84.